The predicted molar refractivity (Wildman–Crippen MR) is 48.2 cm³/mol. The molecule has 0 aliphatic rings. The summed E-state index contributed by atoms with van der Waals surface area (Å²) in [6.45, 7) is 0.526. The van der Waals surface area contributed by atoms with Gasteiger partial charge < -0.3 is 13.9 Å². The molecule has 0 bridgehead atoms. The van der Waals surface area contributed by atoms with Crippen LogP contribution in [0.15, 0.2) is 22.8 Å². The molecule has 1 rings (SSSR count). The lowest BCUT2D eigenvalue weighted by molar-refractivity contribution is -0.133. The number of esters is 1. The summed E-state index contributed by atoms with van der Waals surface area (Å²) in [5.74, 6) is 4.92. The van der Waals surface area contributed by atoms with Gasteiger partial charge in [0.15, 0.2) is 0 Å². The van der Waals surface area contributed by atoms with Gasteiger partial charge in [-0.15, -0.1) is 0 Å². The second-order valence-corrected chi connectivity index (χ2v) is 2.37. The Morgan fingerprint density at radius 1 is 1.64 bits per heavy atom. The van der Waals surface area contributed by atoms with E-state index in [1.54, 1.807) is 18.4 Å². The monoisotopic (exact) mass is 194 g/mol. The molecule has 0 atom stereocenters. The van der Waals surface area contributed by atoms with E-state index in [0.717, 1.165) is 5.76 Å². The molecule has 0 aliphatic carbocycles. The van der Waals surface area contributed by atoms with Crippen molar-refractivity contribution < 1.29 is 18.7 Å². The van der Waals surface area contributed by atoms with E-state index in [1.165, 1.54) is 7.11 Å². The van der Waals surface area contributed by atoms with E-state index in [9.17, 15) is 4.79 Å². The largest absolute Gasteiger partial charge is 0.467 e. The zero-order chi connectivity index (χ0) is 10.2. The summed E-state index contributed by atoms with van der Waals surface area (Å²) in [5, 5.41) is 0. The second-order valence-electron chi connectivity index (χ2n) is 2.37. The molecule has 0 saturated carbocycles. The Bertz CT molecular complexity index is 329. The van der Waals surface area contributed by atoms with Gasteiger partial charge in [-0.05, 0) is 12.1 Å². The van der Waals surface area contributed by atoms with Crippen LogP contribution in [0.5, 0.6) is 0 Å². The van der Waals surface area contributed by atoms with Crippen molar-refractivity contribution in [2.45, 2.75) is 6.61 Å². The number of methoxy groups -OCH3 is 1. The molecule has 1 heterocycles. The highest BCUT2D eigenvalue weighted by Gasteiger charge is 1.93. The van der Waals surface area contributed by atoms with Crippen LogP contribution in [0.3, 0.4) is 0 Å². The molecule has 4 heteroatoms. The third-order valence-corrected chi connectivity index (χ3v) is 1.37. The number of carbonyl (C=O) groups is 1. The van der Waals surface area contributed by atoms with Crippen LogP contribution in [0, 0.1) is 11.8 Å². The fourth-order valence-electron chi connectivity index (χ4n) is 0.757. The molecule has 14 heavy (non-hydrogen) atoms. The van der Waals surface area contributed by atoms with Crippen LogP contribution in [0.4, 0.5) is 0 Å². The first-order valence-corrected chi connectivity index (χ1v) is 4.00. The topological polar surface area (TPSA) is 48.7 Å². The smallest absolute Gasteiger partial charge is 0.384 e. The second kappa shape index (κ2) is 5.84. The predicted octanol–water partition coefficient (Wildman–Crippen LogP) is 0.973. The number of hydrogen-bond donors (Lipinski definition) is 0. The number of ether oxygens (including phenoxy) is 2. The van der Waals surface area contributed by atoms with Gasteiger partial charge in [0.05, 0.1) is 13.4 Å². The van der Waals surface area contributed by atoms with Gasteiger partial charge in [-0.2, -0.15) is 0 Å². The lowest BCUT2D eigenvalue weighted by Gasteiger charge is -1.94. The van der Waals surface area contributed by atoms with E-state index in [-0.39, 0.29) is 6.61 Å². The Hall–Kier alpha value is -1.73. The molecule has 0 aromatic carbocycles. The molecule has 0 N–H and O–H groups in total. The molecule has 4 nitrogen and oxygen atoms in total. The number of carbonyl (C=O) groups excluding carboxylic acids is 1. The van der Waals surface area contributed by atoms with Crippen molar-refractivity contribution in [2.24, 2.45) is 0 Å². The molecule has 0 unspecified atom stereocenters. The van der Waals surface area contributed by atoms with E-state index in [1.807, 2.05) is 0 Å². The first kappa shape index (κ1) is 10.4. The first-order valence-electron chi connectivity index (χ1n) is 4.00. The number of rotatable bonds is 3. The highest BCUT2D eigenvalue weighted by Crippen LogP contribution is 2.00. The summed E-state index contributed by atoms with van der Waals surface area (Å²) >= 11 is 0. The van der Waals surface area contributed by atoms with Gasteiger partial charge in [-0.1, -0.05) is 5.92 Å². The third kappa shape index (κ3) is 3.78. The fraction of sp³-hybridized carbons (Fsp3) is 0.300. The quantitative estimate of drug-likeness (QED) is 0.311. The zero-order valence-electron chi connectivity index (χ0n) is 7.78. The van der Waals surface area contributed by atoms with E-state index in [4.69, 9.17) is 9.15 Å². The Morgan fingerprint density at radius 2 is 2.50 bits per heavy atom. The molecule has 0 spiro atoms. The standard InChI is InChI=1S/C10H10O4/c1-12-10(11)5-3-6-13-8-9-4-2-7-14-9/h2,4,7H,6,8H2,1H3. The maximum Gasteiger partial charge on any atom is 0.384 e. The Kier molecular flexibility index (Phi) is 4.32. The Labute approximate surface area is 81.8 Å². The van der Waals surface area contributed by atoms with Crippen LogP contribution in [0.25, 0.3) is 0 Å². The molecule has 1 aromatic rings. The van der Waals surface area contributed by atoms with Crippen LogP contribution in [0.2, 0.25) is 0 Å². The van der Waals surface area contributed by atoms with Crippen LogP contribution in [-0.2, 0) is 20.9 Å². The van der Waals surface area contributed by atoms with Gasteiger partial charge in [-0.25, -0.2) is 4.79 Å². The highest BCUT2D eigenvalue weighted by atomic mass is 16.5. The highest BCUT2D eigenvalue weighted by molar-refractivity contribution is 5.88. The van der Waals surface area contributed by atoms with E-state index >= 15 is 0 Å². The Morgan fingerprint density at radius 3 is 3.14 bits per heavy atom. The van der Waals surface area contributed by atoms with Crippen LogP contribution < -0.4 is 0 Å². The van der Waals surface area contributed by atoms with Gasteiger partial charge in [0, 0.05) is 5.92 Å². The molecule has 1 aromatic heterocycles. The number of furan rings is 1. The van der Waals surface area contributed by atoms with Crippen molar-refractivity contribution in [3.05, 3.63) is 24.2 Å². The van der Waals surface area contributed by atoms with E-state index in [2.05, 4.69) is 16.6 Å². The molecular formula is C10H10O4. The molecule has 74 valence electrons. The third-order valence-electron chi connectivity index (χ3n) is 1.37. The van der Waals surface area contributed by atoms with Gasteiger partial charge >= 0.3 is 5.97 Å². The minimum absolute atomic E-state index is 0.176. The summed E-state index contributed by atoms with van der Waals surface area (Å²) in [7, 11) is 1.28. The normalized spacial score (nSPS) is 8.93. The van der Waals surface area contributed by atoms with Gasteiger partial charge in [-0.3, -0.25) is 0 Å². The molecule has 0 aliphatic heterocycles. The zero-order valence-corrected chi connectivity index (χ0v) is 7.78. The van der Waals surface area contributed by atoms with E-state index < -0.39 is 5.97 Å². The van der Waals surface area contributed by atoms with Crippen molar-refractivity contribution in [1.29, 1.82) is 0 Å². The van der Waals surface area contributed by atoms with Crippen molar-refractivity contribution in [3.63, 3.8) is 0 Å². The first-order chi connectivity index (χ1) is 6.83. The Balaban J connectivity index is 2.15. The molecular weight excluding hydrogens is 184 g/mol. The van der Waals surface area contributed by atoms with Crippen molar-refractivity contribution in [3.8, 4) is 11.8 Å². The fourth-order valence-corrected chi connectivity index (χ4v) is 0.757. The van der Waals surface area contributed by atoms with Crippen LogP contribution in [0.1, 0.15) is 5.76 Å². The summed E-state index contributed by atoms with van der Waals surface area (Å²) < 4.78 is 14.4. The maximum absolute atomic E-state index is 10.5. The lowest BCUT2D eigenvalue weighted by atomic mass is 10.5. The van der Waals surface area contributed by atoms with Crippen molar-refractivity contribution in [1.82, 2.24) is 0 Å². The van der Waals surface area contributed by atoms with Crippen molar-refractivity contribution >= 4 is 5.97 Å². The SMILES string of the molecule is COC(=O)C#CCOCc1ccco1. The minimum atomic E-state index is -0.563. The molecule has 0 amide bonds. The van der Waals surface area contributed by atoms with Gasteiger partial charge in [0.25, 0.3) is 0 Å². The minimum Gasteiger partial charge on any atom is -0.467 e. The average molecular weight is 194 g/mol. The summed E-state index contributed by atoms with van der Waals surface area (Å²) in [6.07, 6.45) is 1.57. The molecule has 0 fully saturated rings. The molecule has 0 saturated heterocycles. The van der Waals surface area contributed by atoms with Crippen LogP contribution >= 0.6 is 0 Å². The van der Waals surface area contributed by atoms with E-state index in [0.29, 0.717) is 6.61 Å². The van der Waals surface area contributed by atoms with Gasteiger partial charge in [0.1, 0.15) is 19.0 Å². The molecule has 0 radical (unpaired) electrons. The lowest BCUT2D eigenvalue weighted by Crippen LogP contribution is -1.96. The van der Waals surface area contributed by atoms with Crippen LogP contribution in [-0.4, -0.2) is 19.7 Å². The van der Waals surface area contributed by atoms with Gasteiger partial charge in [0.2, 0.25) is 0 Å². The summed E-state index contributed by atoms with van der Waals surface area (Å²) in [5.41, 5.74) is 0. The van der Waals surface area contributed by atoms with Crippen molar-refractivity contribution in [2.75, 3.05) is 13.7 Å². The number of hydrogen-bond acceptors (Lipinski definition) is 4. The maximum atomic E-state index is 10.5. The summed E-state index contributed by atoms with van der Waals surface area (Å²) in [4.78, 5) is 10.5. The average Bonchev–Trinajstić information content (AvgIpc) is 2.69. The summed E-state index contributed by atoms with van der Waals surface area (Å²) in [6, 6.07) is 3.58.